The quantitative estimate of drug-likeness (QED) is 0.180. The summed E-state index contributed by atoms with van der Waals surface area (Å²) >= 11 is 0. The first-order valence-electron chi connectivity index (χ1n) is 13.9. The summed E-state index contributed by atoms with van der Waals surface area (Å²) in [6.07, 6.45) is 16.1. The van der Waals surface area contributed by atoms with Crippen LogP contribution in [-0.2, 0) is 9.59 Å². The minimum atomic E-state index is 0.124. The van der Waals surface area contributed by atoms with Crippen LogP contribution in [0, 0.1) is 0 Å². The lowest BCUT2D eigenvalue weighted by molar-refractivity contribution is -0.122. The van der Waals surface area contributed by atoms with Gasteiger partial charge in [0.2, 0.25) is 11.8 Å². The third-order valence-electron chi connectivity index (χ3n) is 6.41. The van der Waals surface area contributed by atoms with Crippen LogP contribution in [0.1, 0.15) is 124 Å². The summed E-state index contributed by atoms with van der Waals surface area (Å²) in [5.74, 6) is 0.249. The van der Waals surface area contributed by atoms with Gasteiger partial charge >= 0.3 is 0 Å². The number of aliphatic hydroxyl groups excluding tert-OH is 1. The number of unbranched alkanes of at least 4 members (excludes halogenated alkanes) is 10. The Bertz CT molecular complexity index is 436. The van der Waals surface area contributed by atoms with E-state index in [4.69, 9.17) is 0 Å². The monoisotopic (exact) mass is 469 g/mol. The average Bonchev–Trinajstić information content (AvgIpc) is 2.81. The Balaban J connectivity index is 4.24. The summed E-state index contributed by atoms with van der Waals surface area (Å²) in [5.41, 5.74) is 0. The molecule has 0 bridgehead atoms. The smallest absolute Gasteiger partial charge is 0.220 e. The molecular weight excluding hydrogens is 414 g/mol. The molecule has 196 valence electrons. The van der Waals surface area contributed by atoms with E-state index in [1.54, 1.807) is 0 Å². The standard InChI is InChI=1S/C27H55N3O3/c1-5-7-9-11-13-15-18-26(32)28-22-24(3)30(20-17-21-31)25(4)23-29-27(33)19-16-14-12-10-8-6-2/h24-25,31H,5-23H2,1-4H3,(H,28,32)(H,29,33). The minimum Gasteiger partial charge on any atom is -0.396 e. The lowest BCUT2D eigenvalue weighted by Gasteiger charge is -2.34. The van der Waals surface area contributed by atoms with Crippen molar-refractivity contribution in [1.82, 2.24) is 15.5 Å². The number of amides is 2. The molecule has 0 aromatic heterocycles. The molecule has 0 aromatic carbocycles. The summed E-state index contributed by atoms with van der Waals surface area (Å²) in [5, 5.41) is 15.5. The van der Waals surface area contributed by atoms with E-state index in [-0.39, 0.29) is 30.5 Å². The van der Waals surface area contributed by atoms with Gasteiger partial charge in [-0.15, -0.1) is 0 Å². The number of hydrogen-bond donors (Lipinski definition) is 3. The van der Waals surface area contributed by atoms with E-state index in [2.05, 4.69) is 43.2 Å². The lowest BCUT2D eigenvalue weighted by Crippen LogP contribution is -2.50. The molecule has 0 saturated heterocycles. The molecule has 0 saturated carbocycles. The van der Waals surface area contributed by atoms with Gasteiger partial charge in [0.15, 0.2) is 0 Å². The number of hydrogen-bond acceptors (Lipinski definition) is 4. The molecule has 2 unspecified atom stereocenters. The maximum absolute atomic E-state index is 12.2. The first-order valence-corrected chi connectivity index (χ1v) is 13.9. The Hall–Kier alpha value is -1.14. The molecule has 0 spiro atoms. The van der Waals surface area contributed by atoms with Crippen molar-refractivity contribution in [2.45, 2.75) is 136 Å². The van der Waals surface area contributed by atoms with Gasteiger partial charge in [-0.2, -0.15) is 0 Å². The molecule has 0 fully saturated rings. The van der Waals surface area contributed by atoms with E-state index in [9.17, 15) is 14.7 Å². The Kier molecular flexibility index (Phi) is 21.9. The molecule has 6 nitrogen and oxygen atoms in total. The number of carbonyl (C=O) groups excluding carboxylic acids is 2. The highest BCUT2D eigenvalue weighted by Gasteiger charge is 2.20. The van der Waals surface area contributed by atoms with Gasteiger partial charge in [0, 0.05) is 51.2 Å². The van der Waals surface area contributed by atoms with Crippen molar-refractivity contribution in [1.29, 1.82) is 0 Å². The Morgan fingerprint density at radius 3 is 1.45 bits per heavy atom. The molecule has 0 radical (unpaired) electrons. The largest absolute Gasteiger partial charge is 0.396 e. The second-order valence-electron chi connectivity index (χ2n) is 9.66. The maximum Gasteiger partial charge on any atom is 0.220 e. The van der Waals surface area contributed by atoms with E-state index < -0.39 is 0 Å². The van der Waals surface area contributed by atoms with Gasteiger partial charge in [0.05, 0.1) is 0 Å². The topological polar surface area (TPSA) is 81.7 Å². The van der Waals surface area contributed by atoms with Crippen LogP contribution in [0.2, 0.25) is 0 Å². The van der Waals surface area contributed by atoms with E-state index in [1.165, 1.54) is 51.4 Å². The Labute approximate surface area is 204 Å². The Morgan fingerprint density at radius 2 is 1.06 bits per heavy atom. The minimum absolute atomic E-state index is 0.124. The van der Waals surface area contributed by atoms with Gasteiger partial charge in [-0.1, -0.05) is 78.1 Å². The number of aliphatic hydroxyl groups is 1. The fourth-order valence-corrected chi connectivity index (χ4v) is 4.19. The SMILES string of the molecule is CCCCCCCCC(=O)NCC(C)N(CCCO)C(C)CNC(=O)CCCCCCCC. The third-order valence-corrected chi connectivity index (χ3v) is 6.41. The van der Waals surface area contributed by atoms with E-state index in [0.29, 0.717) is 32.4 Å². The van der Waals surface area contributed by atoms with Crippen molar-refractivity contribution in [2.24, 2.45) is 0 Å². The molecule has 6 heteroatoms. The fourth-order valence-electron chi connectivity index (χ4n) is 4.19. The number of nitrogens with zero attached hydrogens (tertiary/aromatic N) is 1. The number of rotatable bonds is 23. The van der Waals surface area contributed by atoms with Gasteiger partial charge in [-0.3, -0.25) is 14.5 Å². The second-order valence-corrected chi connectivity index (χ2v) is 9.66. The van der Waals surface area contributed by atoms with Gasteiger partial charge in [-0.25, -0.2) is 0 Å². The lowest BCUT2D eigenvalue weighted by atomic mass is 10.1. The van der Waals surface area contributed by atoms with Crippen molar-refractivity contribution in [3.63, 3.8) is 0 Å². The molecule has 0 aromatic rings. The van der Waals surface area contributed by atoms with Crippen LogP contribution in [0.3, 0.4) is 0 Å². The van der Waals surface area contributed by atoms with Crippen molar-refractivity contribution in [2.75, 3.05) is 26.2 Å². The average molecular weight is 470 g/mol. The van der Waals surface area contributed by atoms with Crippen LogP contribution in [0.15, 0.2) is 0 Å². The molecule has 0 rings (SSSR count). The normalized spacial score (nSPS) is 13.2. The fraction of sp³-hybridized carbons (Fsp3) is 0.926. The molecule has 3 N–H and O–H groups in total. The maximum atomic E-state index is 12.2. The van der Waals surface area contributed by atoms with Crippen LogP contribution in [0.4, 0.5) is 0 Å². The highest BCUT2D eigenvalue weighted by Crippen LogP contribution is 2.09. The molecule has 0 aliphatic rings. The predicted molar refractivity (Wildman–Crippen MR) is 139 cm³/mol. The molecule has 0 aliphatic heterocycles. The second kappa shape index (κ2) is 22.6. The molecule has 2 amide bonds. The van der Waals surface area contributed by atoms with Crippen LogP contribution >= 0.6 is 0 Å². The predicted octanol–water partition coefficient (Wildman–Crippen LogP) is 5.18. The molecular formula is C27H55N3O3. The highest BCUT2D eigenvalue weighted by molar-refractivity contribution is 5.76. The molecule has 33 heavy (non-hydrogen) atoms. The number of carbonyl (C=O) groups is 2. The van der Waals surface area contributed by atoms with Crippen LogP contribution in [-0.4, -0.2) is 60.1 Å². The summed E-state index contributed by atoms with van der Waals surface area (Å²) in [4.78, 5) is 26.7. The van der Waals surface area contributed by atoms with Crippen molar-refractivity contribution in [3.8, 4) is 0 Å². The number of nitrogens with one attached hydrogen (secondary N) is 2. The van der Waals surface area contributed by atoms with Crippen molar-refractivity contribution >= 4 is 11.8 Å². The molecule has 0 aliphatic carbocycles. The van der Waals surface area contributed by atoms with Crippen LogP contribution in [0.25, 0.3) is 0 Å². The van der Waals surface area contributed by atoms with Gasteiger partial charge < -0.3 is 15.7 Å². The Morgan fingerprint density at radius 1 is 0.667 bits per heavy atom. The van der Waals surface area contributed by atoms with E-state index in [1.807, 2.05) is 0 Å². The van der Waals surface area contributed by atoms with E-state index in [0.717, 1.165) is 32.2 Å². The van der Waals surface area contributed by atoms with Crippen LogP contribution < -0.4 is 10.6 Å². The van der Waals surface area contributed by atoms with E-state index >= 15 is 0 Å². The van der Waals surface area contributed by atoms with Gasteiger partial charge in [0.25, 0.3) is 0 Å². The zero-order chi connectivity index (χ0) is 24.7. The summed E-state index contributed by atoms with van der Waals surface area (Å²) < 4.78 is 0. The molecule has 0 heterocycles. The zero-order valence-corrected chi connectivity index (χ0v) is 22.3. The van der Waals surface area contributed by atoms with Gasteiger partial charge in [-0.05, 0) is 33.1 Å². The van der Waals surface area contributed by atoms with Crippen molar-refractivity contribution < 1.29 is 14.7 Å². The third kappa shape index (κ3) is 18.9. The van der Waals surface area contributed by atoms with Gasteiger partial charge in [0.1, 0.15) is 0 Å². The molecule has 2 atom stereocenters. The summed E-state index contributed by atoms with van der Waals surface area (Å²) in [7, 11) is 0. The highest BCUT2D eigenvalue weighted by atomic mass is 16.3. The van der Waals surface area contributed by atoms with Crippen LogP contribution in [0.5, 0.6) is 0 Å². The van der Waals surface area contributed by atoms with Crippen molar-refractivity contribution in [3.05, 3.63) is 0 Å². The first kappa shape index (κ1) is 31.9. The zero-order valence-electron chi connectivity index (χ0n) is 22.3. The first-order chi connectivity index (χ1) is 16.0. The summed E-state index contributed by atoms with van der Waals surface area (Å²) in [6.45, 7) is 10.7. The summed E-state index contributed by atoms with van der Waals surface area (Å²) in [6, 6.07) is 0.297.